The van der Waals surface area contributed by atoms with Gasteiger partial charge in [-0.3, -0.25) is 4.79 Å². The summed E-state index contributed by atoms with van der Waals surface area (Å²) < 4.78 is 8.28. The van der Waals surface area contributed by atoms with Crippen molar-refractivity contribution in [2.75, 3.05) is 6.61 Å². The van der Waals surface area contributed by atoms with Gasteiger partial charge in [-0.2, -0.15) is 10.4 Å². The molecule has 0 aliphatic rings. The van der Waals surface area contributed by atoms with Gasteiger partial charge in [-0.25, -0.2) is 9.48 Å². The van der Waals surface area contributed by atoms with Crippen molar-refractivity contribution in [1.82, 2.24) is 14.3 Å². The Morgan fingerprint density at radius 1 is 1.10 bits per heavy atom. The number of carbonyl (C=O) groups excluding carboxylic acids is 2. The minimum absolute atomic E-state index is 0.00380. The van der Waals surface area contributed by atoms with Crippen LogP contribution in [0.25, 0.3) is 11.8 Å². The molecule has 3 aromatic rings. The van der Waals surface area contributed by atoms with Gasteiger partial charge in [0.2, 0.25) is 0 Å². The predicted octanol–water partition coefficient (Wildman–Crippen LogP) is 4.33. The van der Waals surface area contributed by atoms with E-state index < -0.39 is 5.91 Å². The number of nitrogens with zero attached hydrogens (tertiary/aromatic N) is 4. The number of aromatic nitrogens is 3. The molecule has 158 valence electrons. The van der Waals surface area contributed by atoms with E-state index in [0.29, 0.717) is 23.6 Å². The highest BCUT2D eigenvalue weighted by Gasteiger charge is 2.18. The molecule has 0 aliphatic heterocycles. The Morgan fingerprint density at radius 3 is 2.32 bits per heavy atom. The topological polar surface area (TPSA) is 89.9 Å². The zero-order chi connectivity index (χ0) is 22.7. The van der Waals surface area contributed by atoms with Crippen molar-refractivity contribution in [3.8, 4) is 11.8 Å². The van der Waals surface area contributed by atoms with E-state index in [-0.39, 0.29) is 11.5 Å². The van der Waals surface area contributed by atoms with Crippen molar-refractivity contribution in [3.05, 3.63) is 75.9 Å². The summed E-state index contributed by atoms with van der Waals surface area (Å²) in [6, 6.07) is 12.8. The van der Waals surface area contributed by atoms with Gasteiger partial charge in [0, 0.05) is 22.8 Å². The molecule has 7 heteroatoms. The molecule has 0 aliphatic carbocycles. The van der Waals surface area contributed by atoms with Crippen LogP contribution in [0.2, 0.25) is 0 Å². The van der Waals surface area contributed by atoms with Crippen molar-refractivity contribution in [1.29, 1.82) is 5.26 Å². The Balaban J connectivity index is 1.97. The first-order valence-corrected chi connectivity index (χ1v) is 9.93. The normalized spacial score (nSPS) is 11.3. The van der Waals surface area contributed by atoms with E-state index >= 15 is 0 Å². The molecule has 0 fully saturated rings. The summed E-state index contributed by atoms with van der Waals surface area (Å²) in [6.45, 7) is 9.53. The van der Waals surface area contributed by atoms with Gasteiger partial charge in [-0.15, -0.1) is 0 Å². The van der Waals surface area contributed by atoms with Crippen LogP contribution in [-0.2, 0) is 4.74 Å². The number of rotatable bonds is 5. The minimum atomic E-state index is -0.461. The van der Waals surface area contributed by atoms with Gasteiger partial charge in [0.25, 0.3) is 5.91 Å². The first-order chi connectivity index (χ1) is 14.8. The lowest BCUT2D eigenvalue weighted by Crippen LogP contribution is -2.15. The molecule has 0 N–H and O–H groups in total. The van der Waals surface area contributed by atoms with Crippen molar-refractivity contribution in [2.45, 2.75) is 34.6 Å². The number of hydrogen-bond donors (Lipinski definition) is 0. The standard InChI is InChI=1S/C24H24N4O3/c1-6-31-24(30)19-7-9-22(10-8-19)27-16(3)12-20(18(27)5)13-21(14-25)23(29)28-17(4)11-15(2)26-28/h7-13H,6H2,1-5H3/b21-13+. The Bertz CT molecular complexity index is 1220. The van der Waals surface area contributed by atoms with Crippen molar-refractivity contribution in [2.24, 2.45) is 0 Å². The molecule has 0 unspecified atom stereocenters. The van der Waals surface area contributed by atoms with E-state index in [1.54, 1.807) is 45.0 Å². The third-order valence-electron chi connectivity index (χ3n) is 4.96. The second-order valence-electron chi connectivity index (χ2n) is 7.24. The number of carbonyl (C=O) groups is 2. The zero-order valence-electron chi connectivity index (χ0n) is 18.3. The number of aryl methyl sites for hydroxylation is 3. The summed E-state index contributed by atoms with van der Waals surface area (Å²) in [7, 11) is 0. The predicted molar refractivity (Wildman–Crippen MR) is 117 cm³/mol. The molecule has 0 spiro atoms. The number of allylic oxidation sites excluding steroid dienone is 1. The van der Waals surface area contributed by atoms with Crippen LogP contribution in [0.15, 0.2) is 42.0 Å². The molecule has 2 heterocycles. The molecule has 0 saturated carbocycles. The molecule has 31 heavy (non-hydrogen) atoms. The van der Waals surface area contributed by atoms with Gasteiger partial charge in [0.15, 0.2) is 0 Å². The van der Waals surface area contributed by atoms with Gasteiger partial charge < -0.3 is 9.30 Å². The number of hydrogen-bond acceptors (Lipinski definition) is 5. The molecule has 0 atom stereocenters. The highest BCUT2D eigenvalue weighted by molar-refractivity contribution is 6.03. The maximum absolute atomic E-state index is 12.8. The lowest BCUT2D eigenvalue weighted by Gasteiger charge is -2.10. The second kappa shape index (κ2) is 8.84. The van der Waals surface area contributed by atoms with E-state index in [4.69, 9.17) is 4.74 Å². The van der Waals surface area contributed by atoms with Crippen LogP contribution in [0, 0.1) is 39.0 Å². The Labute approximate surface area is 181 Å². The second-order valence-corrected chi connectivity index (χ2v) is 7.24. The smallest absolute Gasteiger partial charge is 0.338 e. The molecular formula is C24H24N4O3. The molecule has 1 aromatic carbocycles. The van der Waals surface area contributed by atoms with Crippen molar-refractivity contribution < 1.29 is 14.3 Å². The van der Waals surface area contributed by atoms with Crippen LogP contribution in [0.4, 0.5) is 0 Å². The van der Waals surface area contributed by atoms with Crippen LogP contribution in [0.3, 0.4) is 0 Å². The molecule has 0 amide bonds. The molecule has 2 aromatic heterocycles. The third kappa shape index (κ3) is 4.33. The van der Waals surface area contributed by atoms with Crippen LogP contribution >= 0.6 is 0 Å². The van der Waals surface area contributed by atoms with E-state index in [2.05, 4.69) is 5.10 Å². The fourth-order valence-electron chi connectivity index (χ4n) is 3.54. The Hall–Kier alpha value is -3.92. The summed E-state index contributed by atoms with van der Waals surface area (Å²) in [5.41, 5.74) is 5.31. The molecule has 0 saturated heterocycles. The van der Waals surface area contributed by atoms with Crippen molar-refractivity contribution in [3.63, 3.8) is 0 Å². The van der Waals surface area contributed by atoms with E-state index in [1.807, 2.05) is 42.7 Å². The molecule has 7 nitrogen and oxygen atoms in total. The first kappa shape index (κ1) is 21.8. The van der Waals surface area contributed by atoms with Gasteiger partial charge in [-0.05, 0) is 82.7 Å². The summed E-state index contributed by atoms with van der Waals surface area (Å²) in [4.78, 5) is 24.7. The maximum Gasteiger partial charge on any atom is 0.338 e. The molecular weight excluding hydrogens is 392 g/mol. The van der Waals surface area contributed by atoms with Crippen LogP contribution in [0.1, 0.15) is 50.4 Å². The highest BCUT2D eigenvalue weighted by atomic mass is 16.5. The molecule has 3 rings (SSSR count). The molecule has 0 radical (unpaired) electrons. The van der Waals surface area contributed by atoms with Crippen LogP contribution < -0.4 is 0 Å². The van der Waals surface area contributed by atoms with Crippen molar-refractivity contribution >= 4 is 18.0 Å². The number of ether oxygens (including phenoxy) is 1. The van der Waals surface area contributed by atoms with E-state index in [1.165, 1.54) is 4.68 Å². The van der Waals surface area contributed by atoms with Gasteiger partial charge in [0.1, 0.15) is 11.6 Å². The Morgan fingerprint density at radius 2 is 1.77 bits per heavy atom. The summed E-state index contributed by atoms with van der Waals surface area (Å²) >= 11 is 0. The number of esters is 1. The van der Waals surface area contributed by atoms with Gasteiger partial charge in [0.05, 0.1) is 17.9 Å². The zero-order valence-corrected chi connectivity index (χ0v) is 18.3. The van der Waals surface area contributed by atoms with Crippen LogP contribution in [0.5, 0.6) is 0 Å². The summed E-state index contributed by atoms with van der Waals surface area (Å²) in [5, 5.41) is 13.8. The maximum atomic E-state index is 12.8. The van der Waals surface area contributed by atoms with Crippen LogP contribution in [-0.4, -0.2) is 32.8 Å². The molecule has 0 bridgehead atoms. The highest BCUT2D eigenvalue weighted by Crippen LogP contribution is 2.24. The summed E-state index contributed by atoms with van der Waals surface area (Å²) in [5.74, 6) is -0.823. The minimum Gasteiger partial charge on any atom is -0.462 e. The number of benzene rings is 1. The fourth-order valence-corrected chi connectivity index (χ4v) is 3.54. The summed E-state index contributed by atoms with van der Waals surface area (Å²) in [6.07, 6.45) is 1.59. The fraction of sp³-hybridized carbons (Fsp3) is 0.250. The largest absolute Gasteiger partial charge is 0.462 e. The average molecular weight is 416 g/mol. The van der Waals surface area contributed by atoms with Gasteiger partial charge >= 0.3 is 5.97 Å². The van der Waals surface area contributed by atoms with E-state index in [0.717, 1.165) is 22.6 Å². The first-order valence-electron chi connectivity index (χ1n) is 9.93. The van der Waals surface area contributed by atoms with Gasteiger partial charge in [-0.1, -0.05) is 0 Å². The quantitative estimate of drug-likeness (QED) is 0.351. The monoisotopic (exact) mass is 416 g/mol. The Kier molecular flexibility index (Phi) is 6.21. The van der Waals surface area contributed by atoms with E-state index in [9.17, 15) is 14.9 Å². The lowest BCUT2D eigenvalue weighted by molar-refractivity contribution is 0.0526. The third-order valence-corrected chi connectivity index (χ3v) is 4.96. The number of nitriles is 1. The lowest BCUT2D eigenvalue weighted by atomic mass is 10.1. The average Bonchev–Trinajstić information content (AvgIpc) is 3.22. The SMILES string of the molecule is CCOC(=O)c1ccc(-n2c(C)cc(/C=C(\C#N)C(=O)n3nc(C)cc3C)c2C)cc1.